The first kappa shape index (κ1) is 7.28. The molecule has 1 N–H and O–H groups in total. The highest BCUT2D eigenvalue weighted by Gasteiger charge is 1.95. The number of hydrogen-bond donors (Lipinski definition) is 1. The van der Waals surface area contributed by atoms with Crippen molar-refractivity contribution in [3.05, 3.63) is 23.9 Å². The third kappa shape index (κ3) is 1.36. The summed E-state index contributed by atoms with van der Waals surface area (Å²) in [4.78, 5) is 4.08. The Bertz CT molecular complexity index is 235. The lowest BCUT2D eigenvalue weighted by molar-refractivity contribution is 1.13. The molecule has 0 bridgehead atoms. The molecule has 1 rings (SSSR count). The van der Waals surface area contributed by atoms with E-state index in [1.54, 1.807) is 18.0 Å². The summed E-state index contributed by atoms with van der Waals surface area (Å²) in [6.07, 6.45) is 5.01. The van der Waals surface area contributed by atoms with Crippen LogP contribution in [0.5, 0.6) is 0 Å². The molecule has 2 nitrogen and oxygen atoms in total. The Kier molecular flexibility index (Phi) is 2.45. The van der Waals surface area contributed by atoms with Crippen molar-refractivity contribution in [1.82, 2.24) is 4.98 Å². The molecule has 1 heterocycles. The fourth-order valence-electron chi connectivity index (χ4n) is 0.684. The van der Waals surface area contributed by atoms with Crippen LogP contribution in [0.25, 0.3) is 0 Å². The topological polar surface area (TPSA) is 36.7 Å². The van der Waals surface area contributed by atoms with Crippen LogP contribution in [-0.2, 0) is 0 Å². The summed E-state index contributed by atoms with van der Waals surface area (Å²) < 4.78 is 0. The van der Waals surface area contributed by atoms with Gasteiger partial charge in [0.2, 0.25) is 0 Å². The Hall–Kier alpha value is -0.830. The lowest BCUT2D eigenvalue weighted by Crippen LogP contribution is -1.86. The van der Waals surface area contributed by atoms with E-state index in [0.29, 0.717) is 0 Å². The summed E-state index contributed by atoms with van der Waals surface area (Å²) >= 11 is 1.56. The molecule has 0 spiro atoms. The monoisotopic (exact) mass is 152 g/mol. The summed E-state index contributed by atoms with van der Waals surface area (Å²) in [5.41, 5.74) is 0.884. The van der Waals surface area contributed by atoms with Gasteiger partial charge in [-0.05, 0) is 18.4 Å². The maximum atomic E-state index is 7.01. The lowest BCUT2D eigenvalue weighted by atomic mass is 10.3. The molecule has 3 heteroatoms. The van der Waals surface area contributed by atoms with Crippen LogP contribution in [0.4, 0.5) is 0 Å². The summed E-state index contributed by atoms with van der Waals surface area (Å²) in [6.45, 7) is 0. The summed E-state index contributed by atoms with van der Waals surface area (Å²) in [6, 6.07) is 3.71. The lowest BCUT2D eigenvalue weighted by Gasteiger charge is -1.96. The highest BCUT2D eigenvalue weighted by Crippen LogP contribution is 2.13. The predicted molar refractivity (Wildman–Crippen MR) is 43.9 cm³/mol. The Labute approximate surface area is 64.2 Å². The first-order valence-electron chi connectivity index (χ1n) is 2.88. The van der Waals surface area contributed by atoms with Crippen molar-refractivity contribution >= 4 is 18.0 Å². The smallest absolute Gasteiger partial charge is 0.104 e. The zero-order valence-electron chi connectivity index (χ0n) is 5.66. The van der Waals surface area contributed by atoms with Crippen LogP contribution in [0.2, 0.25) is 0 Å². The van der Waals surface area contributed by atoms with E-state index in [4.69, 9.17) is 5.41 Å². The second-order valence-electron chi connectivity index (χ2n) is 1.75. The zero-order valence-corrected chi connectivity index (χ0v) is 6.48. The van der Waals surface area contributed by atoms with Crippen LogP contribution < -0.4 is 0 Å². The first-order valence-corrected chi connectivity index (χ1v) is 4.10. The van der Waals surface area contributed by atoms with Gasteiger partial charge in [-0.3, -0.25) is 0 Å². The molecule has 0 aliphatic carbocycles. The van der Waals surface area contributed by atoms with E-state index >= 15 is 0 Å². The van der Waals surface area contributed by atoms with Crippen LogP contribution in [0, 0.1) is 5.41 Å². The van der Waals surface area contributed by atoms with Crippen molar-refractivity contribution in [2.24, 2.45) is 0 Å². The zero-order chi connectivity index (χ0) is 7.40. The van der Waals surface area contributed by atoms with E-state index in [0.717, 1.165) is 10.6 Å². The first-order chi connectivity index (χ1) is 4.88. The van der Waals surface area contributed by atoms with Crippen LogP contribution >= 0.6 is 11.8 Å². The molecular formula is C7H8N2S. The van der Waals surface area contributed by atoms with Gasteiger partial charge in [0.25, 0.3) is 0 Å². The molecule has 0 aromatic carbocycles. The van der Waals surface area contributed by atoms with Crippen molar-refractivity contribution in [2.75, 3.05) is 6.26 Å². The molecule has 0 amide bonds. The van der Waals surface area contributed by atoms with Gasteiger partial charge in [-0.25, -0.2) is 4.98 Å². The number of rotatable bonds is 2. The van der Waals surface area contributed by atoms with Crippen LogP contribution in [0.1, 0.15) is 5.56 Å². The van der Waals surface area contributed by atoms with Crippen LogP contribution in [0.15, 0.2) is 23.4 Å². The number of pyridine rings is 1. The average Bonchev–Trinajstić information content (AvgIpc) is 2.04. The standard InChI is InChI=1S/C7H8N2S/c1-10-7-6(5-8)3-2-4-9-7/h2-5,8H,1H3. The molecular weight excluding hydrogens is 144 g/mol. The largest absolute Gasteiger partial charge is 0.308 e. The van der Waals surface area contributed by atoms with Gasteiger partial charge in [-0.15, -0.1) is 11.8 Å². The molecule has 1 aromatic rings. The predicted octanol–water partition coefficient (Wildman–Crippen LogP) is 1.80. The molecule has 0 aliphatic heterocycles. The normalized spacial score (nSPS) is 9.30. The SMILES string of the molecule is CSc1ncccc1C=N. The van der Waals surface area contributed by atoms with E-state index < -0.39 is 0 Å². The van der Waals surface area contributed by atoms with E-state index in [2.05, 4.69) is 4.98 Å². The molecule has 0 aliphatic rings. The highest BCUT2D eigenvalue weighted by molar-refractivity contribution is 7.98. The van der Waals surface area contributed by atoms with Crippen molar-refractivity contribution in [3.8, 4) is 0 Å². The fraction of sp³-hybridized carbons (Fsp3) is 0.143. The summed E-state index contributed by atoms with van der Waals surface area (Å²) in [5.74, 6) is 0. The molecule has 0 fully saturated rings. The van der Waals surface area contributed by atoms with Crippen LogP contribution in [0.3, 0.4) is 0 Å². The van der Waals surface area contributed by atoms with Gasteiger partial charge in [0.1, 0.15) is 5.03 Å². The van der Waals surface area contributed by atoms with E-state index in [1.165, 1.54) is 6.21 Å². The Balaban J connectivity index is 3.08. The van der Waals surface area contributed by atoms with Gasteiger partial charge in [0, 0.05) is 18.0 Å². The van der Waals surface area contributed by atoms with Gasteiger partial charge in [-0.1, -0.05) is 0 Å². The van der Waals surface area contributed by atoms with Gasteiger partial charge in [0.15, 0.2) is 0 Å². The fourth-order valence-corrected chi connectivity index (χ4v) is 1.21. The summed E-state index contributed by atoms with van der Waals surface area (Å²) in [5, 5.41) is 7.92. The van der Waals surface area contributed by atoms with Gasteiger partial charge < -0.3 is 5.41 Å². The van der Waals surface area contributed by atoms with Crippen molar-refractivity contribution < 1.29 is 0 Å². The minimum atomic E-state index is 0.884. The number of nitrogens with one attached hydrogen (secondary N) is 1. The number of thioether (sulfide) groups is 1. The molecule has 1 aromatic heterocycles. The van der Waals surface area contributed by atoms with E-state index in [-0.39, 0.29) is 0 Å². The second-order valence-corrected chi connectivity index (χ2v) is 2.54. The second kappa shape index (κ2) is 3.37. The van der Waals surface area contributed by atoms with Crippen molar-refractivity contribution in [1.29, 1.82) is 5.41 Å². The highest BCUT2D eigenvalue weighted by atomic mass is 32.2. The maximum Gasteiger partial charge on any atom is 0.104 e. The molecule has 0 atom stereocenters. The molecule has 0 radical (unpaired) electrons. The molecule has 0 saturated carbocycles. The molecule has 10 heavy (non-hydrogen) atoms. The van der Waals surface area contributed by atoms with E-state index in [1.807, 2.05) is 18.4 Å². The Morgan fingerprint density at radius 3 is 3.00 bits per heavy atom. The minimum absolute atomic E-state index is 0.884. The number of aromatic nitrogens is 1. The Morgan fingerprint density at radius 1 is 1.70 bits per heavy atom. The van der Waals surface area contributed by atoms with Gasteiger partial charge in [-0.2, -0.15) is 0 Å². The Morgan fingerprint density at radius 2 is 2.50 bits per heavy atom. The maximum absolute atomic E-state index is 7.01. The number of hydrogen-bond acceptors (Lipinski definition) is 3. The third-order valence-electron chi connectivity index (χ3n) is 1.15. The molecule has 52 valence electrons. The molecule has 0 unspecified atom stereocenters. The quantitative estimate of drug-likeness (QED) is 0.518. The van der Waals surface area contributed by atoms with Gasteiger partial charge >= 0.3 is 0 Å². The molecule has 0 saturated heterocycles. The van der Waals surface area contributed by atoms with Gasteiger partial charge in [0.05, 0.1) is 0 Å². The summed E-state index contributed by atoms with van der Waals surface area (Å²) in [7, 11) is 0. The minimum Gasteiger partial charge on any atom is -0.308 e. The van der Waals surface area contributed by atoms with Crippen molar-refractivity contribution in [3.63, 3.8) is 0 Å². The van der Waals surface area contributed by atoms with Crippen molar-refractivity contribution in [2.45, 2.75) is 5.03 Å². The number of nitrogens with zero attached hydrogens (tertiary/aromatic N) is 1. The average molecular weight is 152 g/mol. The van der Waals surface area contributed by atoms with E-state index in [9.17, 15) is 0 Å². The third-order valence-corrected chi connectivity index (χ3v) is 1.88. The van der Waals surface area contributed by atoms with Crippen LogP contribution in [-0.4, -0.2) is 17.5 Å².